The molecule has 0 unspecified atom stereocenters. The predicted molar refractivity (Wildman–Crippen MR) is 97.4 cm³/mol. The average molecular weight is 344 g/mol. The largest absolute Gasteiger partial charge is 0.508 e. The fourth-order valence-electron chi connectivity index (χ4n) is 2.38. The number of carboxylic acids is 1. The molecule has 0 saturated carbocycles. The van der Waals surface area contributed by atoms with Gasteiger partial charge in [-0.3, -0.25) is 0 Å². The van der Waals surface area contributed by atoms with E-state index in [0.717, 1.165) is 11.1 Å². The number of aromatic carboxylic acids is 1. The minimum Gasteiger partial charge on any atom is -0.508 e. The Balaban J connectivity index is 1.85. The second kappa shape index (κ2) is 8.31. The maximum Gasteiger partial charge on any atom is 0.335 e. The highest BCUT2D eigenvalue weighted by Gasteiger charge is 2.10. The first-order valence-electron chi connectivity index (χ1n) is 7.62. The minimum absolute atomic E-state index is 0.0524. The van der Waals surface area contributed by atoms with Gasteiger partial charge >= 0.3 is 5.97 Å². The normalized spacial score (nSPS) is 11.5. The van der Waals surface area contributed by atoms with Gasteiger partial charge in [0.05, 0.1) is 11.6 Å². The van der Waals surface area contributed by atoms with Gasteiger partial charge in [-0.2, -0.15) is 0 Å². The summed E-state index contributed by atoms with van der Waals surface area (Å²) in [5.74, 6) is -0.714. The first kappa shape index (κ1) is 17.7. The van der Waals surface area contributed by atoms with Crippen molar-refractivity contribution in [3.05, 3.63) is 65.2 Å². The van der Waals surface area contributed by atoms with Crippen LogP contribution >= 0.6 is 12.2 Å². The van der Waals surface area contributed by atoms with Gasteiger partial charge in [-0.25, -0.2) is 4.79 Å². The van der Waals surface area contributed by atoms with E-state index in [1.807, 2.05) is 19.1 Å². The van der Waals surface area contributed by atoms with Crippen molar-refractivity contribution in [1.82, 2.24) is 10.6 Å². The molecular formula is C18H20N2O3S. The van der Waals surface area contributed by atoms with E-state index in [0.29, 0.717) is 23.6 Å². The van der Waals surface area contributed by atoms with Crippen molar-refractivity contribution in [1.29, 1.82) is 0 Å². The summed E-state index contributed by atoms with van der Waals surface area (Å²) < 4.78 is 0. The molecule has 4 N–H and O–H groups in total. The predicted octanol–water partition coefficient (Wildman–Crippen LogP) is 2.86. The van der Waals surface area contributed by atoms with Crippen molar-refractivity contribution in [2.24, 2.45) is 0 Å². The standard InChI is InChI=1S/C18H20N2O3S/c1-12(14-6-4-7-15(21)11-14)20-18(24)19-10-9-13-5-2-3-8-16(13)17(22)23/h2-8,11-12,21H,9-10H2,1H3,(H,22,23)(H2,19,20,24)/t12-/m1/s1. The Hall–Kier alpha value is -2.60. The molecule has 24 heavy (non-hydrogen) atoms. The zero-order chi connectivity index (χ0) is 17.5. The number of phenols is 1. The maximum atomic E-state index is 11.2. The Labute approximate surface area is 146 Å². The highest BCUT2D eigenvalue weighted by atomic mass is 32.1. The Morgan fingerprint density at radius 2 is 1.96 bits per heavy atom. The molecule has 126 valence electrons. The number of hydrogen-bond acceptors (Lipinski definition) is 3. The van der Waals surface area contributed by atoms with Gasteiger partial charge in [0.1, 0.15) is 5.75 Å². The fraction of sp³-hybridized carbons (Fsp3) is 0.222. The molecule has 0 aliphatic heterocycles. The van der Waals surface area contributed by atoms with Crippen molar-refractivity contribution in [2.45, 2.75) is 19.4 Å². The average Bonchev–Trinajstić information content (AvgIpc) is 2.55. The van der Waals surface area contributed by atoms with Crippen LogP contribution in [0.5, 0.6) is 5.75 Å². The summed E-state index contributed by atoms with van der Waals surface area (Å²) in [5, 5.41) is 25.4. The topological polar surface area (TPSA) is 81.6 Å². The van der Waals surface area contributed by atoms with Gasteiger partial charge in [-0.1, -0.05) is 30.3 Å². The molecule has 2 aromatic rings. The van der Waals surface area contributed by atoms with Gasteiger partial charge in [0.2, 0.25) is 0 Å². The van der Waals surface area contributed by atoms with Gasteiger partial charge in [0.25, 0.3) is 0 Å². The molecule has 0 radical (unpaired) electrons. The Bertz CT molecular complexity index is 734. The monoisotopic (exact) mass is 344 g/mol. The van der Waals surface area contributed by atoms with E-state index in [9.17, 15) is 9.90 Å². The molecule has 2 aromatic carbocycles. The van der Waals surface area contributed by atoms with Crippen molar-refractivity contribution in [2.75, 3.05) is 6.54 Å². The van der Waals surface area contributed by atoms with E-state index in [-0.39, 0.29) is 11.8 Å². The molecule has 0 amide bonds. The molecule has 0 fully saturated rings. The molecular weight excluding hydrogens is 324 g/mol. The molecule has 0 heterocycles. The van der Waals surface area contributed by atoms with Crippen LogP contribution in [0.2, 0.25) is 0 Å². The quantitative estimate of drug-likeness (QED) is 0.603. The van der Waals surface area contributed by atoms with Gasteiger partial charge in [-0.15, -0.1) is 0 Å². The van der Waals surface area contributed by atoms with Crippen LogP contribution in [0.3, 0.4) is 0 Å². The summed E-state index contributed by atoms with van der Waals surface area (Å²) in [6, 6.07) is 13.9. The summed E-state index contributed by atoms with van der Waals surface area (Å²) in [5.41, 5.74) is 2.00. The van der Waals surface area contributed by atoms with Gasteiger partial charge in [0, 0.05) is 6.54 Å². The molecule has 6 heteroatoms. The lowest BCUT2D eigenvalue weighted by Crippen LogP contribution is -2.37. The van der Waals surface area contributed by atoms with Gasteiger partial charge in [0.15, 0.2) is 5.11 Å². The number of rotatable bonds is 6. The smallest absolute Gasteiger partial charge is 0.335 e. The molecule has 0 aliphatic rings. The number of phenolic OH excluding ortho intramolecular Hbond substituents is 1. The lowest BCUT2D eigenvalue weighted by Gasteiger charge is -2.17. The number of thiocarbonyl (C=S) groups is 1. The highest BCUT2D eigenvalue weighted by molar-refractivity contribution is 7.80. The second-order valence-corrected chi connectivity index (χ2v) is 5.84. The third-order valence-electron chi connectivity index (χ3n) is 3.65. The van der Waals surface area contributed by atoms with E-state index >= 15 is 0 Å². The van der Waals surface area contributed by atoms with Crippen molar-refractivity contribution >= 4 is 23.3 Å². The van der Waals surface area contributed by atoms with Crippen LogP contribution < -0.4 is 10.6 Å². The van der Waals surface area contributed by atoms with Crippen LogP contribution in [0, 0.1) is 0 Å². The Kier molecular flexibility index (Phi) is 6.14. The van der Waals surface area contributed by atoms with Crippen LogP contribution in [0.4, 0.5) is 0 Å². The van der Waals surface area contributed by atoms with Crippen molar-refractivity contribution in [3.63, 3.8) is 0 Å². The second-order valence-electron chi connectivity index (χ2n) is 5.43. The maximum absolute atomic E-state index is 11.2. The number of aromatic hydroxyl groups is 1. The number of nitrogens with one attached hydrogen (secondary N) is 2. The number of benzene rings is 2. The number of carboxylic acid groups (broad SMARTS) is 1. The zero-order valence-electron chi connectivity index (χ0n) is 13.3. The van der Waals surface area contributed by atoms with Crippen molar-refractivity contribution < 1.29 is 15.0 Å². The lowest BCUT2D eigenvalue weighted by molar-refractivity contribution is 0.0695. The fourth-order valence-corrected chi connectivity index (χ4v) is 2.66. The molecule has 2 rings (SSSR count). The van der Waals surface area contributed by atoms with Crippen LogP contribution in [0.15, 0.2) is 48.5 Å². The van der Waals surface area contributed by atoms with Crippen LogP contribution in [-0.2, 0) is 6.42 Å². The highest BCUT2D eigenvalue weighted by Crippen LogP contribution is 2.17. The van der Waals surface area contributed by atoms with Crippen LogP contribution in [0.1, 0.15) is 34.5 Å². The summed E-state index contributed by atoms with van der Waals surface area (Å²) in [6.07, 6.45) is 0.560. The molecule has 0 aliphatic carbocycles. The van der Waals surface area contributed by atoms with Crippen LogP contribution in [0.25, 0.3) is 0 Å². The minimum atomic E-state index is -0.927. The van der Waals surface area contributed by atoms with Gasteiger partial charge < -0.3 is 20.8 Å². The molecule has 0 aromatic heterocycles. The van der Waals surface area contributed by atoms with E-state index < -0.39 is 5.97 Å². The molecule has 5 nitrogen and oxygen atoms in total. The summed E-state index contributed by atoms with van der Waals surface area (Å²) >= 11 is 5.26. The van der Waals surface area contributed by atoms with E-state index in [1.54, 1.807) is 36.4 Å². The SMILES string of the molecule is C[C@@H](NC(=S)NCCc1ccccc1C(=O)O)c1cccc(O)c1. The number of carbonyl (C=O) groups is 1. The summed E-state index contributed by atoms with van der Waals surface area (Å²) in [4.78, 5) is 11.2. The first-order chi connectivity index (χ1) is 11.5. The van der Waals surface area contributed by atoms with Crippen LogP contribution in [-0.4, -0.2) is 27.8 Å². The zero-order valence-corrected chi connectivity index (χ0v) is 14.1. The molecule has 1 atom stereocenters. The lowest BCUT2D eigenvalue weighted by atomic mass is 10.0. The third kappa shape index (κ3) is 4.96. The van der Waals surface area contributed by atoms with Gasteiger partial charge in [-0.05, 0) is 54.9 Å². The third-order valence-corrected chi connectivity index (χ3v) is 3.91. The van der Waals surface area contributed by atoms with E-state index in [1.165, 1.54) is 0 Å². The molecule has 0 spiro atoms. The molecule has 0 bridgehead atoms. The summed E-state index contributed by atoms with van der Waals surface area (Å²) in [6.45, 7) is 2.48. The molecule has 0 saturated heterocycles. The first-order valence-corrected chi connectivity index (χ1v) is 8.02. The van der Waals surface area contributed by atoms with E-state index in [4.69, 9.17) is 17.3 Å². The Morgan fingerprint density at radius 3 is 2.67 bits per heavy atom. The van der Waals surface area contributed by atoms with E-state index in [2.05, 4.69) is 10.6 Å². The number of hydrogen-bond donors (Lipinski definition) is 4. The Morgan fingerprint density at radius 1 is 1.21 bits per heavy atom. The van der Waals surface area contributed by atoms with Crippen molar-refractivity contribution in [3.8, 4) is 5.75 Å². The summed E-state index contributed by atoms with van der Waals surface area (Å²) in [7, 11) is 0.